The average Bonchev–Trinajstić information content (AvgIpc) is 2.28. The van der Waals surface area contributed by atoms with Gasteiger partial charge in [-0.1, -0.05) is 19.8 Å². The lowest BCUT2D eigenvalue weighted by molar-refractivity contribution is 0.165. The quantitative estimate of drug-likeness (QED) is 0.698. The van der Waals surface area contributed by atoms with Crippen LogP contribution in [0.25, 0.3) is 0 Å². The van der Waals surface area contributed by atoms with E-state index in [0.717, 1.165) is 18.9 Å². The fraction of sp³-hybridized carbons (Fsp3) is 1.00. The Morgan fingerprint density at radius 2 is 2.07 bits per heavy atom. The number of aliphatic hydroxyl groups is 1. The molecule has 1 aliphatic rings. The first-order valence-corrected chi connectivity index (χ1v) is 6.35. The minimum Gasteiger partial charge on any atom is -0.395 e. The minimum atomic E-state index is -0.0293. The van der Waals surface area contributed by atoms with Gasteiger partial charge in [0, 0.05) is 6.04 Å². The molecule has 0 aromatic carbocycles. The zero-order valence-corrected chi connectivity index (χ0v) is 9.99. The van der Waals surface area contributed by atoms with Crippen LogP contribution in [-0.2, 0) is 0 Å². The van der Waals surface area contributed by atoms with Gasteiger partial charge >= 0.3 is 0 Å². The molecule has 90 valence electrons. The van der Waals surface area contributed by atoms with Crippen molar-refractivity contribution in [2.75, 3.05) is 26.2 Å². The molecule has 0 aliphatic carbocycles. The van der Waals surface area contributed by atoms with E-state index in [0.29, 0.717) is 0 Å². The van der Waals surface area contributed by atoms with Crippen molar-refractivity contribution in [3.05, 3.63) is 0 Å². The van der Waals surface area contributed by atoms with Gasteiger partial charge < -0.3 is 15.7 Å². The van der Waals surface area contributed by atoms with Gasteiger partial charge in [0.1, 0.15) is 0 Å². The normalized spacial score (nSPS) is 21.8. The van der Waals surface area contributed by atoms with Crippen LogP contribution in [-0.4, -0.2) is 42.3 Å². The molecule has 3 N–H and O–H groups in total. The van der Waals surface area contributed by atoms with Crippen LogP contribution in [0.15, 0.2) is 0 Å². The molecule has 0 amide bonds. The van der Waals surface area contributed by atoms with Crippen LogP contribution in [0.2, 0.25) is 0 Å². The summed E-state index contributed by atoms with van der Waals surface area (Å²) in [7, 11) is 0. The maximum Gasteiger partial charge on any atom is 0.0583 e. The number of likely N-dealkylation sites (tertiary alicyclic amines) is 1. The molecule has 0 spiro atoms. The summed E-state index contributed by atoms with van der Waals surface area (Å²) in [5.74, 6) is 0.956. The Balaban J connectivity index is 2.09. The topological polar surface area (TPSA) is 49.5 Å². The van der Waals surface area contributed by atoms with Crippen LogP contribution >= 0.6 is 0 Å². The second-order valence-electron chi connectivity index (χ2n) is 4.81. The Kier molecular flexibility index (Phi) is 6.22. The van der Waals surface area contributed by atoms with Crippen LogP contribution in [0.4, 0.5) is 0 Å². The van der Waals surface area contributed by atoms with E-state index in [1.165, 1.54) is 38.8 Å². The maximum atomic E-state index is 8.83. The molecule has 3 heteroatoms. The van der Waals surface area contributed by atoms with E-state index in [9.17, 15) is 0 Å². The number of aliphatic hydroxyl groups excluding tert-OH is 1. The predicted molar refractivity (Wildman–Crippen MR) is 63.8 cm³/mol. The molecule has 1 unspecified atom stereocenters. The van der Waals surface area contributed by atoms with Crippen molar-refractivity contribution in [1.82, 2.24) is 4.90 Å². The van der Waals surface area contributed by atoms with E-state index in [1.54, 1.807) is 0 Å². The molecule has 1 atom stereocenters. The number of piperidine rings is 1. The molecule has 0 aromatic rings. The van der Waals surface area contributed by atoms with Gasteiger partial charge in [0.05, 0.1) is 6.61 Å². The third-order valence-electron chi connectivity index (χ3n) is 3.45. The molecule has 3 nitrogen and oxygen atoms in total. The lowest BCUT2D eigenvalue weighted by Crippen LogP contribution is -2.37. The maximum absolute atomic E-state index is 8.83. The van der Waals surface area contributed by atoms with Gasteiger partial charge in [-0.05, 0) is 44.8 Å². The first-order chi connectivity index (χ1) is 7.26. The van der Waals surface area contributed by atoms with Crippen LogP contribution in [0.1, 0.15) is 39.0 Å². The summed E-state index contributed by atoms with van der Waals surface area (Å²) >= 11 is 0. The SMILES string of the molecule is CCCC1CCN(CCC(N)CO)CC1. The van der Waals surface area contributed by atoms with Crippen LogP contribution in [0, 0.1) is 5.92 Å². The summed E-state index contributed by atoms with van der Waals surface area (Å²) in [4.78, 5) is 2.49. The number of hydrogen-bond acceptors (Lipinski definition) is 3. The third kappa shape index (κ3) is 4.96. The fourth-order valence-corrected chi connectivity index (χ4v) is 2.35. The van der Waals surface area contributed by atoms with Crippen molar-refractivity contribution in [1.29, 1.82) is 0 Å². The van der Waals surface area contributed by atoms with Crippen molar-refractivity contribution in [2.24, 2.45) is 11.7 Å². The van der Waals surface area contributed by atoms with Gasteiger partial charge in [-0.25, -0.2) is 0 Å². The predicted octanol–water partition coefficient (Wildman–Crippen LogP) is 1.21. The van der Waals surface area contributed by atoms with E-state index in [1.807, 2.05) is 0 Å². The van der Waals surface area contributed by atoms with Gasteiger partial charge in [-0.2, -0.15) is 0 Å². The highest BCUT2D eigenvalue weighted by Gasteiger charge is 2.18. The third-order valence-corrected chi connectivity index (χ3v) is 3.45. The smallest absolute Gasteiger partial charge is 0.0583 e. The van der Waals surface area contributed by atoms with E-state index in [2.05, 4.69) is 11.8 Å². The lowest BCUT2D eigenvalue weighted by Gasteiger charge is -2.32. The molecule has 1 fully saturated rings. The standard InChI is InChI=1S/C12H26N2O/c1-2-3-11-4-7-14(8-5-11)9-6-12(13)10-15/h11-12,15H,2-10,13H2,1H3. The first kappa shape index (κ1) is 12.9. The summed E-state index contributed by atoms with van der Waals surface area (Å²) in [5, 5.41) is 8.83. The van der Waals surface area contributed by atoms with Gasteiger partial charge in [-0.3, -0.25) is 0 Å². The Labute approximate surface area is 93.6 Å². The van der Waals surface area contributed by atoms with Gasteiger partial charge in [0.25, 0.3) is 0 Å². The Hall–Kier alpha value is -0.120. The fourth-order valence-electron chi connectivity index (χ4n) is 2.35. The highest BCUT2D eigenvalue weighted by molar-refractivity contribution is 4.73. The molecular weight excluding hydrogens is 188 g/mol. The Bertz CT molecular complexity index is 156. The molecule has 15 heavy (non-hydrogen) atoms. The average molecular weight is 214 g/mol. The zero-order valence-electron chi connectivity index (χ0n) is 9.99. The summed E-state index contributed by atoms with van der Waals surface area (Å²) in [6.07, 6.45) is 6.34. The molecule has 1 heterocycles. The molecule has 1 saturated heterocycles. The molecule has 0 aromatic heterocycles. The second-order valence-corrected chi connectivity index (χ2v) is 4.81. The number of rotatable bonds is 6. The van der Waals surface area contributed by atoms with Crippen molar-refractivity contribution >= 4 is 0 Å². The molecule has 0 saturated carbocycles. The number of hydrogen-bond donors (Lipinski definition) is 2. The van der Waals surface area contributed by atoms with Gasteiger partial charge in [0.15, 0.2) is 0 Å². The second kappa shape index (κ2) is 7.20. The number of nitrogens with zero attached hydrogens (tertiary/aromatic N) is 1. The first-order valence-electron chi connectivity index (χ1n) is 6.35. The van der Waals surface area contributed by atoms with E-state index < -0.39 is 0 Å². The largest absolute Gasteiger partial charge is 0.395 e. The summed E-state index contributed by atoms with van der Waals surface area (Å²) in [5.41, 5.74) is 5.69. The van der Waals surface area contributed by atoms with Crippen molar-refractivity contribution < 1.29 is 5.11 Å². The van der Waals surface area contributed by atoms with Crippen LogP contribution in [0.3, 0.4) is 0 Å². The molecule has 0 radical (unpaired) electrons. The summed E-state index contributed by atoms with van der Waals surface area (Å²) < 4.78 is 0. The van der Waals surface area contributed by atoms with Crippen LogP contribution in [0.5, 0.6) is 0 Å². The molecule has 0 bridgehead atoms. The monoisotopic (exact) mass is 214 g/mol. The van der Waals surface area contributed by atoms with E-state index >= 15 is 0 Å². The number of nitrogens with two attached hydrogens (primary N) is 1. The summed E-state index contributed by atoms with van der Waals surface area (Å²) in [6, 6.07) is -0.0293. The summed E-state index contributed by atoms with van der Waals surface area (Å²) in [6.45, 7) is 5.89. The molecule has 1 rings (SSSR count). The Morgan fingerprint density at radius 3 is 2.60 bits per heavy atom. The lowest BCUT2D eigenvalue weighted by atomic mass is 9.92. The highest BCUT2D eigenvalue weighted by atomic mass is 16.3. The molecular formula is C12H26N2O. The zero-order chi connectivity index (χ0) is 11.1. The van der Waals surface area contributed by atoms with E-state index in [4.69, 9.17) is 10.8 Å². The molecule has 1 aliphatic heterocycles. The Morgan fingerprint density at radius 1 is 1.40 bits per heavy atom. The van der Waals surface area contributed by atoms with E-state index in [-0.39, 0.29) is 12.6 Å². The van der Waals surface area contributed by atoms with Gasteiger partial charge in [0.2, 0.25) is 0 Å². The van der Waals surface area contributed by atoms with Crippen molar-refractivity contribution in [2.45, 2.75) is 45.1 Å². The highest BCUT2D eigenvalue weighted by Crippen LogP contribution is 2.21. The van der Waals surface area contributed by atoms with Crippen LogP contribution < -0.4 is 5.73 Å². The van der Waals surface area contributed by atoms with Crippen molar-refractivity contribution in [3.63, 3.8) is 0 Å². The minimum absolute atomic E-state index is 0.0293. The van der Waals surface area contributed by atoms with Gasteiger partial charge in [-0.15, -0.1) is 0 Å². The van der Waals surface area contributed by atoms with Crippen molar-refractivity contribution in [3.8, 4) is 0 Å².